The number of hydrogen-bond donors (Lipinski definition) is 0. The van der Waals surface area contributed by atoms with Crippen molar-refractivity contribution in [1.29, 1.82) is 0 Å². The molecule has 0 aromatic carbocycles. The first-order chi connectivity index (χ1) is 11.2. The van der Waals surface area contributed by atoms with Crippen LogP contribution < -0.4 is 4.90 Å². The van der Waals surface area contributed by atoms with Gasteiger partial charge in [0.25, 0.3) is 0 Å². The highest BCUT2D eigenvalue weighted by molar-refractivity contribution is 5.93. The number of hydrogen-bond acceptors (Lipinski definition) is 5. The van der Waals surface area contributed by atoms with Crippen LogP contribution in [-0.2, 0) is 4.74 Å². The van der Waals surface area contributed by atoms with Crippen LogP contribution in [0.1, 0.15) is 51.4 Å². The van der Waals surface area contributed by atoms with Crippen LogP contribution in [0.3, 0.4) is 0 Å². The number of piperazine rings is 1. The number of carbonyl (C=O) groups is 2. The second kappa shape index (κ2) is 7.20. The van der Waals surface area contributed by atoms with Crippen molar-refractivity contribution in [2.45, 2.75) is 52.7 Å². The average Bonchev–Trinajstić information content (AvgIpc) is 2.52. The smallest absolute Gasteiger partial charge is 0.410 e. The first-order valence-electron chi connectivity index (χ1n) is 8.43. The molecule has 1 unspecified atom stereocenters. The summed E-state index contributed by atoms with van der Waals surface area (Å²) >= 11 is 0. The number of ketones is 1. The monoisotopic (exact) mass is 333 g/mol. The van der Waals surface area contributed by atoms with Crippen LogP contribution in [0.25, 0.3) is 0 Å². The van der Waals surface area contributed by atoms with Gasteiger partial charge in [-0.3, -0.25) is 4.79 Å². The normalized spacial score (nSPS) is 18.5. The van der Waals surface area contributed by atoms with E-state index >= 15 is 0 Å². The second-order valence-corrected chi connectivity index (χ2v) is 7.14. The Labute approximate surface area is 143 Å². The van der Waals surface area contributed by atoms with E-state index in [0.717, 1.165) is 12.2 Å². The third-order valence-corrected chi connectivity index (χ3v) is 4.06. The maximum atomic E-state index is 12.4. The lowest BCUT2D eigenvalue weighted by atomic mass is 10.1. The second-order valence-electron chi connectivity index (χ2n) is 7.14. The molecule has 2 heterocycles. The molecule has 0 spiro atoms. The highest BCUT2D eigenvalue weighted by Gasteiger charge is 2.32. The predicted molar refractivity (Wildman–Crippen MR) is 93.5 cm³/mol. The summed E-state index contributed by atoms with van der Waals surface area (Å²) in [5.74, 6) is 0.845. The number of amides is 1. The number of carbonyl (C=O) groups excluding carboxylic acids is 2. The lowest BCUT2D eigenvalue weighted by molar-refractivity contribution is 0.0136. The highest BCUT2D eigenvalue weighted by Crippen LogP contribution is 2.21. The Bertz CT molecular complexity index is 593. The largest absolute Gasteiger partial charge is 0.444 e. The molecule has 6 nitrogen and oxygen atoms in total. The number of pyridine rings is 1. The molecule has 2 rings (SSSR count). The van der Waals surface area contributed by atoms with E-state index in [9.17, 15) is 9.59 Å². The molecule has 0 saturated carbocycles. The van der Waals surface area contributed by atoms with Crippen molar-refractivity contribution >= 4 is 17.7 Å². The van der Waals surface area contributed by atoms with Crippen LogP contribution >= 0.6 is 0 Å². The fraction of sp³-hybridized carbons (Fsp3) is 0.611. The van der Waals surface area contributed by atoms with Gasteiger partial charge in [-0.2, -0.15) is 0 Å². The maximum Gasteiger partial charge on any atom is 0.410 e. The lowest BCUT2D eigenvalue weighted by Gasteiger charge is -2.41. The van der Waals surface area contributed by atoms with Gasteiger partial charge >= 0.3 is 6.09 Å². The zero-order chi connectivity index (χ0) is 17.9. The van der Waals surface area contributed by atoms with Crippen LogP contribution in [0, 0.1) is 0 Å². The standard InChI is InChI=1S/C18H27N3O3/c1-6-15-12-20(16-8-7-14(11-19-16)13(2)22)9-10-21(15)17(23)24-18(3,4)5/h7-8,11,15H,6,9-10,12H2,1-5H3. The number of ether oxygens (including phenoxy) is 1. The van der Waals surface area contributed by atoms with Gasteiger partial charge in [0.05, 0.1) is 6.04 Å². The molecule has 1 fully saturated rings. The Morgan fingerprint density at radius 1 is 1.29 bits per heavy atom. The Morgan fingerprint density at radius 3 is 2.50 bits per heavy atom. The third kappa shape index (κ3) is 4.46. The molecule has 0 N–H and O–H groups in total. The van der Waals surface area contributed by atoms with Crippen molar-refractivity contribution in [3.63, 3.8) is 0 Å². The fourth-order valence-corrected chi connectivity index (χ4v) is 2.76. The topological polar surface area (TPSA) is 62.7 Å². The Morgan fingerprint density at radius 2 is 2.00 bits per heavy atom. The molecule has 0 radical (unpaired) electrons. The SMILES string of the molecule is CCC1CN(c2ccc(C(C)=O)cn2)CCN1C(=O)OC(C)(C)C. The Kier molecular flexibility index (Phi) is 5.47. The molecule has 0 aliphatic carbocycles. The van der Waals surface area contributed by atoms with E-state index in [4.69, 9.17) is 4.74 Å². The van der Waals surface area contributed by atoms with Gasteiger partial charge in [-0.15, -0.1) is 0 Å². The summed E-state index contributed by atoms with van der Waals surface area (Å²) in [6, 6.07) is 3.75. The molecule has 1 aliphatic heterocycles. The summed E-state index contributed by atoms with van der Waals surface area (Å²) in [4.78, 5) is 32.1. The molecule has 24 heavy (non-hydrogen) atoms. The highest BCUT2D eigenvalue weighted by atomic mass is 16.6. The van der Waals surface area contributed by atoms with Crippen LogP contribution in [0.2, 0.25) is 0 Å². The molecule has 1 aliphatic rings. The zero-order valence-electron chi connectivity index (χ0n) is 15.2. The molecule has 0 bridgehead atoms. The first kappa shape index (κ1) is 18.2. The third-order valence-electron chi connectivity index (χ3n) is 4.06. The molecule has 1 atom stereocenters. The van der Waals surface area contributed by atoms with E-state index in [2.05, 4.69) is 16.8 Å². The van der Waals surface area contributed by atoms with Gasteiger partial charge in [-0.25, -0.2) is 9.78 Å². The minimum absolute atomic E-state index is 0.00947. The maximum absolute atomic E-state index is 12.4. The van der Waals surface area contributed by atoms with E-state index in [1.54, 1.807) is 12.3 Å². The van der Waals surface area contributed by atoms with Crippen molar-refractivity contribution < 1.29 is 14.3 Å². The number of anilines is 1. The molecule has 6 heteroatoms. The molecule has 1 saturated heterocycles. The van der Waals surface area contributed by atoms with E-state index < -0.39 is 5.60 Å². The van der Waals surface area contributed by atoms with Crippen LogP contribution in [0.5, 0.6) is 0 Å². The van der Waals surface area contributed by atoms with Crippen molar-refractivity contribution in [3.8, 4) is 0 Å². The van der Waals surface area contributed by atoms with Gasteiger partial charge in [0.2, 0.25) is 0 Å². The molecule has 1 aromatic heterocycles. The van der Waals surface area contributed by atoms with Crippen molar-refractivity contribution in [1.82, 2.24) is 9.88 Å². The van der Waals surface area contributed by atoms with E-state index in [0.29, 0.717) is 25.2 Å². The molecule has 132 valence electrons. The van der Waals surface area contributed by atoms with Crippen molar-refractivity contribution in [2.75, 3.05) is 24.5 Å². The quantitative estimate of drug-likeness (QED) is 0.795. The fourth-order valence-electron chi connectivity index (χ4n) is 2.76. The van der Waals surface area contributed by atoms with E-state index in [1.807, 2.05) is 31.7 Å². The summed E-state index contributed by atoms with van der Waals surface area (Å²) in [6.45, 7) is 11.2. The Hall–Kier alpha value is -2.11. The summed E-state index contributed by atoms with van der Waals surface area (Å²) in [5, 5.41) is 0. The van der Waals surface area contributed by atoms with Crippen molar-refractivity contribution in [3.05, 3.63) is 23.9 Å². The number of aromatic nitrogens is 1. The van der Waals surface area contributed by atoms with Gasteiger partial charge < -0.3 is 14.5 Å². The lowest BCUT2D eigenvalue weighted by Crippen LogP contribution is -2.56. The summed E-state index contributed by atoms with van der Waals surface area (Å²) in [6.07, 6.45) is 2.20. The molecular formula is C18H27N3O3. The number of nitrogens with zero attached hydrogens (tertiary/aromatic N) is 3. The van der Waals surface area contributed by atoms with E-state index in [-0.39, 0.29) is 17.9 Å². The average molecular weight is 333 g/mol. The van der Waals surface area contributed by atoms with Gasteiger partial charge in [-0.1, -0.05) is 6.92 Å². The van der Waals surface area contributed by atoms with Gasteiger partial charge in [0.15, 0.2) is 5.78 Å². The van der Waals surface area contributed by atoms with Crippen molar-refractivity contribution in [2.24, 2.45) is 0 Å². The van der Waals surface area contributed by atoms with Gasteiger partial charge in [0, 0.05) is 31.4 Å². The zero-order valence-corrected chi connectivity index (χ0v) is 15.2. The first-order valence-corrected chi connectivity index (χ1v) is 8.43. The van der Waals surface area contributed by atoms with Crippen LogP contribution in [-0.4, -0.2) is 53.0 Å². The van der Waals surface area contributed by atoms with Gasteiger partial charge in [-0.05, 0) is 46.2 Å². The Balaban J connectivity index is 2.06. The summed E-state index contributed by atoms with van der Waals surface area (Å²) in [5.41, 5.74) is 0.120. The predicted octanol–water partition coefficient (Wildman–Crippen LogP) is 3.12. The minimum atomic E-state index is -0.489. The molecule has 1 aromatic rings. The van der Waals surface area contributed by atoms with Crippen LogP contribution in [0.15, 0.2) is 18.3 Å². The number of rotatable bonds is 3. The van der Waals surface area contributed by atoms with E-state index in [1.165, 1.54) is 6.92 Å². The summed E-state index contributed by atoms with van der Waals surface area (Å²) < 4.78 is 5.51. The molecular weight excluding hydrogens is 306 g/mol. The number of Topliss-reactive ketones (excluding diaryl/α,β-unsaturated/α-hetero) is 1. The molecule has 1 amide bonds. The van der Waals surface area contributed by atoms with Gasteiger partial charge in [0.1, 0.15) is 11.4 Å². The van der Waals surface area contributed by atoms with Crippen LogP contribution in [0.4, 0.5) is 10.6 Å². The summed E-state index contributed by atoms with van der Waals surface area (Å²) in [7, 11) is 0. The minimum Gasteiger partial charge on any atom is -0.444 e.